The maximum Gasteiger partial charge on any atom is 0.241 e. The fourth-order valence-electron chi connectivity index (χ4n) is 1.61. The van der Waals surface area contributed by atoms with Gasteiger partial charge in [0.15, 0.2) is 5.76 Å². The number of hydrogen-bond donors (Lipinski definition) is 2. The lowest BCUT2D eigenvalue weighted by atomic mass is 10.2. The van der Waals surface area contributed by atoms with E-state index in [1.807, 2.05) is 0 Å². The zero-order valence-electron chi connectivity index (χ0n) is 11.0. The second-order valence-electron chi connectivity index (χ2n) is 4.27. The van der Waals surface area contributed by atoms with Gasteiger partial charge in [0, 0.05) is 11.6 Å². The highest BCUT2D eigenvalue weighted by atomic mass is 32.2. The number of rotatable bonds is 5. The lowest BCUT2D eigenvalue weighted by Crippen LogP contribution is -2.24. The summed E-state index contributed by atoms with van der Waals surface area (Å²) in [6.07, 6.45) is 0. The van der Waals surface area contributed by atoms with E-state index in [1.165, 1.54) is 0 Å². The molecule has 0 radical (unpaired) electrons. The van der Waals surface area contributed by atoms with E-state index in [-0.39, 0.29) is 22.0 Å². The summed E-state index contributed by atoms with van der Waals surface area (Å²) in [6.45, 7) is 1.65. The molecule has 0 saturated heterocycles. The molecule has 1 aromatic carbocycles. The fourth-order valence-corrected chi connectivity index (χ4v) is 2.79. The van der Waals surface area contributed by atoms with Crippen molar-refractivity contribution in [2.45, 2.75) is 18.4 Å². The zero-order valence-corrected chi connectivity index (χ0v) is 12.6. The first-order valence-corrected chi connectivity index (χ1v) is 7.70. The van der Waals surface area contributed by atoms with Gasteiger partial charge in [-0.05, 0) is 25.1 Å². The highest BCUT2D eigenvalue weighted by Gasteiger charge is 2.17. The topological polar surface area (TPSA) is 98.2 Å². The maximum atomic E-state index is 13.5. The van der Waals surface area contributed by atoms with E-state index in [1.54, 1.807) is 13.0 Å². The third-order valence-corrected chi connectivity index (χ3v) is 4.25. The summed E-state index contributed by atoms with van der Waals surface area (Å²) in [5, 5.41) is 3.65. The van der Waals surface area contributed by atoms with Crippen molar-refractivity contribution >= 4 is 27.2 Å². The normalized spacial score (nSPS) is 11.5. The van der Waals surface area contributed by atoms with Crippen LogP contribution in [0.15, 0.2) is 33.7 Å². The zero-order chi connectivity index (χ0) is 15.6. The summed E-state index contributed by atoms with van der Waals surface area (Å²) in [5.41, 5.74) is 5.87. The summed E-state index contributed by atoms with van der Waals surface area (Å²) in [7, 11) is -3.84. The molecule has 0 fully saturated rings. The molecule has 1 aromatic heterocycles. The van der Waals surface area contributed by atoms with Crippen LogP contribution in [0, 0.1) is 12.7 Å². The predicted octanol–water partition coefficient (Wildman–Crippen LogP) is 1.23. The van der Waals surface area contributed by atoms with E-state index in [2.05, 4.69) is 22.1 Å². The van der Waals surface area contributed by atoms with E-state index in [0.29, 0.717) is 11.5 Å². The number of nitrogens with two attached hydrogens (primary N) is 1. The van der Waals surface area contributed by atoms with Crippen LogP contribution in [-0.4, -0.2) is 18.6 Å². The van der Waals surface area contributed by atoms with Gasteiger partial charge in [0.1, 0.15) is 10.8 Å². The molecule has 0 aliphatic heterocycles. The lowest BCUT2D eigenvalue weighted by molar-refractivity contribution is 0.377. The molecule has 0 amide bonds. The average molecular weight is 329 g/mol. The van der Waals surface area contributed by atoms with Gasteiger partial charge in [0.2, 0.25) is 10.0 Å². The molecule has 21 heavy (non-hydrogen) atoms. The van der Waals surface area contributed by atoms with Crippen LogP contribution in [0.1, 0.15) is 17.0 Å². The number of benzene rings is 1. The van der Waals surface area contributed by atoms with Crippen LogP contribution in [0.3, 0.4) is 0 Å². The van der Waals surface area contributed by atoms with Crippen molar-refractivity contribution in [2.24, 2.45) is 5.73 Å². The minimum absolute atomic E-state index is 0.0665. The molecular weight excluding hydrogens is 317 g/mol. The number of nitrogens with one attached hydrogen (secondary N) is 1. The summed E-state index contributed by atoms with van der Waals surface area (Å²) in [6, 6.07) is 4.83. The molecule has 3 N–H and O–H groups in total. The van der Waals surface area contributed by atoms with Gasteiger partial charge in [-0.15, -0.1) is 0 Å². The monoisotopic (exact) mass is 329 g/mol. The standard InChI is InChI=1S/C12H12FN3O3S2/c1-7-4-8(19-16-7)6-15-21(17,18)9-2-3-11(13)10(5-9)12(14)20/h2-5,15H,6H2,1H3,(H2,14,20). The molecule has 1 heterocycles. The van der Waals surface area contributed by atoms with E-state index in [0.717, 1.165) is 18.2 Å². The van der Waals surface area contributed by atoms with Gasteiger partial charge in [0.25, 0.3) is 0 Å². The van der Waals surface area contributed by atoms with Gasteiger partial charge in [-0.3, -0.25) is 0 Å². The van der Waals surface area contributed by atoms with Crippen LogP contribution in [0.25, 0.3) is 0 Å². The van der Waals surface area contributed by atoms with Crippen molar-refractivity contribution in [1.82, 2.24) is 9.88 Å². The maximum absolute atomic E-state index is 13.5. The second-order valence-corrected chi connectivity index (χ2v) is 6.47. The van der Waals surface area contributed by atoms with E-state index < -0.39 is 15.8 Å². The molecule has 0 atom stereocenters. The van der Waals surface area contributed by atoms with E-state index >= 15 is 0 Å². The molecule has 0 saturated carbocycles. The third-order valence-electron chi connectivity index (χ3n) is 2.63. The first-order valence-electron chi connectivity index (χ1n) is 5.81. The van der Waals surface area contributed by atoms with Crippen molar-refractivity contribution in [3.05, 3.63) is 47.1 Å². The van der Waals surface area contributed by atoms with Crippen molar-refractivity contribution in [2.75, 3.05) is 0 Å². The molecule has 2 aromatic rings. The first kappa shape index (κ1) is 15.5. The number of sulfonamides is 1. The van der Waals surface area contributed by atoms with Crippen LogP contribution in [0.4, 0.5) is 4.39 Å². The number of nitrogens with zero attached hydrogens (tertiary/aromatic N) is 1. The van der Waals surface area contributed by atoms with Crippen LogP contribution in [-0.2, 0) is 16.6 Å². The van der Waals surface area contributed by atoms with E-state index in [9.17, 15) is 12.8 Å². The quantitative estimate of drug-likeness (QED) is 0.801. The molecule has 9 heteroatoms. The average Bonchev–Trinajstić information content (AvgIpc) is 2.82. The van der Waals surface area contributed by atoms with Crippen LogP contribution in [0.5, 0.6) is 0 Å². The van der Waals surface area contributed by atoms with E-state index in [4.69, 9.17) is 10.3 Å². The van der Waals surface area contributed by atoms with Gasteiger partial charge in [-0.2, -0.15) is 0 Å². The Balaban J connectivity index is 2.23. The van der Waals surface area contributed by atoms with Crippen LogP contribution < -0.4 is 10.5 Å². The largest absolute Gasteiger partial charge is 0.389 e. The van der Waals surface area contributed by atoms with Gasteiger partial charge in [-0.1, -0.05) is 17.4 Å². The second kappa shape index (κ2) is 5.88. The SMILES string of the molecule is Cc1cc(CNS(=O)(=O)c2ccc(F)c(C(N)=S)c2)on1. The Morgan fingerprint density at radius 2 is 2.19 bits per heavy atom. The Hall–Kier alpha value is -1.84. The molecule has 2 rings (SSSR count). The molecule has 0 unspecified atom stereocenters. The number of aromatic nitrogens is 1. The Bertz CT molecular complexity index is 787. The Morgan fingerprint density at radius 3 is 2.76 bits per heavy atom. The van der Waals surface area contributed by atoms with Crippen molar-refractivity contribution in [3.63, 3.8) is 0 Å². The number of aryl methyl sites for hydroxylation is 1. The fraction of sp³-hybridized carbons (Fsp3) is 0.167. The molecule has 0 aliphatic rings. The van der Waals surface area contributed by atoms with Crippen LogP contribution >= 0.6 is 12.2 Å². The number of hydrogen-bond acceptors (Lipinski definition) is 5. The molecule has 0 spiro atoms. The summed E-state index contributed by atoms with van der Waals surface area (Å²) >= 11 is 4.68. The summed E-state index contributed by atoms with van der Waals surface area (Å²) in [4.78, 5) is -0.349. The molecular formula is C12H12FN3O3S2. The Labute approximate surface area is 126 Å². The highest BCUT2D eigenvalue weighted by Crippen LogP contribution is 2.15. The molecule has 0 aliphatic carbocycles. The van der Waals surface area contributed by atoms with Gasteiger partial charge in [-0.25, -0.2) is 17.5 Å². The summed E-state index contributed by atoms with van der Waals surface area (Å²) < 4.78 is 44.9. The minimum Gasteiger partial charge on any atom is -0.389 e. The molecule has 6 nitrogen and oxygen atoms in total. The molecule has 0 bridgehead atoms. The number of halogens is 1. The van der Waals surface area contributed by atoms with Crippen LogP contribution in [0.2, 0.25) is 0 Å². The third kappa shape index (κ3) is 3.63. The predicted molar refractivity (Wildman–Crippen MR) is 77.6 cm³/mol. The Morgan fingerprint density at radius 1 is 1.48 bits per heavy atom. The van der Waals surface area contributed by atoms with Crippen molar-refractivity contribution in [3.8, 4) is 0 Å². The number of thiocarbonyl (C=S) groups is 1. The molecule has 112 valence electrons. The van der Waals surface area contributed by atoms with Gasteiger partial charge >= 0.3 is 0 Å². The first-order chi connectivity index (χ1) is 9.79. The highest BCUT2D eigenvalue weighted by molar-refractivity contribution is 7.89. The lowest BCUT2D eigenvalue weighted by Gasteiger charge is -2.07. The van der Waals surface area contributed by atoms with Gasteiger partial charge < -0.3 is 10.3 Å². The minimum atomic E-state index is -3.84. The van der Waals surface area contributed by atoms with Gasteiger partial charge in [0.05, 0.1) is 17.1 Å². The Kier molecular flexibility index (Phi) is 4.35. The summed E-state index contributed by atoms with van der Waals surface area (Å²) in [5.74, 6) is -0.305. The smallest absolute Gasteiger partial charge is 0.241 e. The van der Waals surface area contributed by atoms with Crippen molar-refractivity contribution < 1.29 is 17.3 Å². The van der Waals surface area contributed by atoms with Crippen molar-refractivity contribution in [1.29, 1.82) is 0 Å².